The van der Waals surface area contributed by atoms with Gasteiger partial charge >= 0.3 is 0 Å². The number of benzene rings is 1. The highest BCUT2D eigenvalue weighted by Crippen LogP contribution is 2.25. The summed E-state index contributed by atoms with van der Waals surface area (Å²) in [4.78, 5) is 2.21. The van der Waals surface area contributed by atoms with Gasteiger partial charge in [0.05, 0.1) is 6.10 Å². The summed E-state index contributed by atoms with van der Waals surface area (Å²) in [6, 6.07) is 5.91. The number of aryl methyl sites for hydroxylation is 1. The van der Waals surface area contributed by atoms with Crippen molar-refractivity contribution in [3.63, 3.8) is 0 Å². The average Bonchev–Trinajstić information content (AvgIpc) is 2.51. The van der Waals surface area contributed by atoms with Gasteiger partial charge < -0.3 is 15.7 Å². The van der Waals surface area contributed by atoms with E-state index >= 15 is 0 Å². The van der Waals surface area contributed by atoms with Gasteiger partial charge in [-0.15, -0.1) is 24.8 Å². The van der Waals surface area contributed by atoms with E-state index in [9.17, 15) is 5.11 Å². The van der Waals surface area contributed by atoms with Gasteiger partial charge in [-0.3, -0.25) is 0 Å². The Bertz CT molecular complexity index is 347. The van der Waals surface area contributed by atoms with Crippen LogP contribution in [0.25, 0.3) is 0 Å². The number of nitrogens with zero attached hydrogens (tertiary/aromatic N) is 1. The van der Waals surface area contributed by atoms with Crippen LogP contribution >= 0.6 is 24.8 Å². The molecule has 0 radical (unpaired) electrons. The second kappa shape index (κ2) is 6.18. The third-order valence-electron chi connectivity index (χ3n) is 2.72. The molecule has 0 bridgehead atoms. The number of anilines is 2. The van der Waals surface area contributed by atoms with E-state index in [4.69, 9.17) is 5.73 Å². The maximum atomic E-state index is 9.44. The van der Waals surface area contributed by atoms with Gasteiger partial charge in [0.25, 0.3) is 0 Å². The second-order valence-electron chi connectivity index (χ2n) is 3.93. The first-order valence-corrected chi connectivity index (χ1v) is 4.96. The minimum atomic E-state index is -0.174. The molecule has 0 aromatic heterocycles. The van der Waals surface area contributed by atoms with Gasteiger partial charge in [0.1, 0.15) is 0 Å². The van der Waals surface area contributed by atoms with Crippen LogP contribution in [-0.4, -0.2) is 24.3 Å². The minimum absolute atomic E-state index is 0. The minimum Gasteiger partial charge on any atom is -0.399 e. The maximum absolute atomic E-state index is 9.44. The van der Waals surface area contributed by atoms with E-state index < -0.39 is 0 Å². The summed E-state index contributed by atoms with van der Waals surface area (Å²) in [6.45, 7) is 3.73. The van der Waals surface area contributed by atoms with Crippen molar-refractivity contribution < 1.29 is 5.11 Å². The molecule has 1 saturated heterocycles. The lowest BCUT2D eigenvalue weighted by atomic mass is 10.1. The molecular weight excluding hydrogens is 247 g/mol. The molecule has 0 amide bonds. The van der Waals surface area contributed by atoms with Crippen molar-refractivity contribution in [3.8, 4) is 0 Å². The third-order valence-corrected chi connectivity index (χ3v) is 2.72. The predicted molar refractivity (Wildman–Crippen MR) is 72.9 cm³/mol. The number of nitrogen functional groups attached to an aromatic ring is 1. The molecule has 1 unspecified atom stereocenters. The fourth-order valence-electron chi connectivity index (χ4n) is 1.99. The summed E-state index contributed by atoms with van der Waals surface area (Å²) in [7, 11) is 0. The van der Waals surface area contributed by atoms with Crippen LogP contribution in [0.5, 0.6) is 0 Å². The second-order valence-corrected chi connectivity index (χ2v) is 3.93. The molecule has 0 aliphatic carbocycles. The largest absolute Gasteiger partial charge is 0.399 e. The molecule has 2 rings (SSSR count). The Balaban J connectivity index is 0.00000112. The Kier molecular flexibility index (Phi) is 5.94. The van der Waals surface area contributed by atoms with Gasteiger partial charge in [0.15, 0.2) is 0 Å². The van der Waals surface area contributed by atoms with Crippen molar-refractivity contribution in [2.75, 3.05) is 23.7 Å². The van der Waals surface area contributed by atoms with Gasteiger partial charge in [-0.1, -0.05) is 0 Å². The first-order chi connectivity index (χ1) is 6.66. The zero-order valence-corrected chi connectivity index (χ0v) is 10.9. The molecule has 16 heavy (non-hydrogen) atoms. The van der Waals surface area contributed by atoms with Crippen LogP contribution in [0.15, 0.2) is 18.2 Å². The lowest BCUT2D eigenvalue weighted by Crippen LogP contribution is -2.21. The molecule has 0 spiro atoms. The monoisotopic (exact) mass is 264 g/mol. The van der Waals surface area contributed by atoms with Gasteiger partial charge in [-0.2, -0.15) is 0 Å². The summed E-state index contributed by atoms with van der Waals surface area (Å²) < 4.78 is 0. The number of hydrogen-bond acceptors (Lipinski definition) is 3. The van der Waals surface area contributed by atoms with Crippen molar-refractivity contribution in [3.05, 3.63) is 23.8 Å². The van der Waals surface area contributed by atoms with E-state index in [1.807, 2.05) is 18.2 Å². The maximum Gasteiger partial charge on any atom is 0.0731 e. The molecule has 92 valence electrons. The Morgan fingerprint density at radius 1 is 1.38 bits per heavy atom. The number of aliphatic hydroxyl groups excluding tert-OH is 1. The zero-order chi connectivity index (χ0) is 10.1. The molecule has 1 aromatic carbocycles. The summed E-state index contributed by atoms with van der Waals surface area (Å²) in [5.74, 6) is 0. The Morgan fingerprint density at radius 3 is 2.56 bits per heavy atom. The number of halogens is 2. The zero-order valence-electron chi connectivity index (χ0n) is 9.22. The van der Waals surface area contributed by atoms with Crippen LogP contribution < -0.4 is 10.6 Å². The average molecular weight is 265 g/mol. The fraction of sp³-hybridized carbons (Fsp3) is 0.455. The third kappa shape index (κ3) is 3.17. The fourth-order valence-corrected chi connectivity index (χ4v) is 1.99. The highest BCUT2D eigenvalue weighted by atomic mass is 35.5. The number of hydrogen-bond donors (Lipinski definition) is 2. The number of aliphatic hydroxyl groups is 1. The Labute approximate surface area is 108 Å². The van der Waals surface area contributed by atoms with Crippen LogP contribution in [0.3, 0.4) is 0 Å². The number of β-amino-alcohol motifs (C(OH)–C–C–N with tert-alkyl or cyclic N) is 1. The molecule has 0 saturated carbocycles. The molecule has 1 aliphatic heterocycles. The van der Waals surface area contributed by atoms with Gasteiger partial charge in [-0.25, -0.2) is 0 Å². The predicted octanol–water partition coefficient (Wildman–Crippen LogP) is 1.99. The molecule has 1 fully saturated rings. The summed E-state index contributed by atoms with van der Waals surface area (Å²) >= 11 is 0. The molecule has 3 nitrogen and oxygen atoms in total. The highest BCUT2D eigenvalue weighted by Gasteiger charge is 2.21. The smallest absolute Gasteiger partial charge is 0.0731 e. The van der Waals surface area contributed by atoms with Crippen LogP contribution in [0.1, 0.15) is 12.0 Å². The molecule has 1 heterocycles. The lowest BCUT2D eigenvalue weighted by molar-refractivity contribution is 0.198. The van der Waals surface area contributed by atoms with E-state index in [2.05, 4.69) is 11.8 Å². The molecule has 1 aromatic rings. The van der Waals surface area contributed by atoms with Crippen molar-refractivity contribution in [2.45, 2.75) is 19.4 Å². The Morgan fingerprint density at radius 2 is 2.06 bits per heavy atom. The lowest BCUT2D eigenvalue weighted by Gasteiger charge is -2.20. The van der Waals surface area contributed by atoms with E-state index in [0.29, 0.717) is 0 Å². The van der Waals surface area contributed by atoms with Gasteiger partial charge in [0, 0.05) is 24.5 Å². The van der Waals surface area contributed by atoms with E-state index in [1.54, 1.807) is 0 Å². The Hall–Kier alpha value is -0.640. The van der Waals surface area contributed by atoms with E-state index in [1.165, 1.54) is 11.3 Å². The van der Waals surface area contributed by atoms with Crippen LogP contribution in [0.4, 0.5) is 11.4 Å². The van der Waals surface area contributed by atoms with Crippen molar-refractivity contribution in [1.29, 1.82) is 0 Å². The van der Waals surface area contributed by atoms with Gasteiger partial charge in [0.2, 0.25) is 0 Å². The normalized spacial score (nSPS) is 18.9. The first-order valence-electron chi connectivity index (χ1n) is 4.96. The number of rotatable bonds is 1. The molecule has 3 N–H and O–H groups in total. The van der Waals surface area contributed by atoms with Crippen LogP contribution in [0.2, 0.25) is 0 Å². The van der Waals surface area contributed by atoms with Crippen molar-refractivity contribution >= 4 is 36.2 Å². The molecule has 1 aliphatic rings. The SMILES string of the molecule is Cc1cc(N)ccc1N1CCC(O)C1.Cl.Cl. The van der Waals surface area contributed by atoms with Crippen LogP contribution in [-0.2, 0) is 0 Å². The first kappa shape index (κ1) is 15.4. The summed E-state index contributed by atoms with van der Waals surface area (Å²) in [5.41, 5.74) is 8.85. The van der Waals surface area contributed by atoms with Gasteiger partial charge in [-0.05, 0) is 37.1 Å². The van der Waals surface area contributed by atoms with E-state index in [0.717, 1.165) is 25.2 Å². The molecule has 1 atom stereocenters. The van der Waals surface area contributed by atoms with Crippen molar-refractivity contribution in [1.82, 2.24) is 0 Å². The highest BCUT2D eigenvalue weighted by molar-refractivity contribution is 5.85. The quantitative estimate of drug-likeness (QED) is 0.763. The topological polar surface area (TPSA) is 49.5 Å². The summed E-state index contributed by atoms with van der Waals surface area (Å²) in [5, 5.41) is 9.44. The van der Waals surface area contributed by atoms with Crippen LogP contribution in [0, 0.1) is 6.92 Å². The molecular formula is C11H18Cl2N2O. The van der Waals surface area contributed by atoms with Crippen molar-refractivity contribution in [2.24, 2.45) is 0 Å². The standard InChI is InChI=1S/C11H16N2O.2ClH/c1-8-6-9(12)2-3-11(8)13-5-4-10(14)7-13;;/h2-3,6,10,14H,4-5,7,12H2,1H3;2*1H. The van der Waals surface area contributed by atoms with E-state index in [-0.39, 0.29) is 30.9 Å². The number of nitrogens with two attached hydrogens (primary N) is 1. The molecule has 5 heteroatoms. The summed E-state index contributed by atoms with van der Waals surface area (Å²) in [6.07, 6.45) is 0.691.